The second kappa shape index (κ2) is 8.60. The number of ether oxygens (including phenoxy) is 2. The highest BCUT2D eigenvalue weighted by Crippen LogP contribution is 2.65. The lowest BCUT2D eigenvalue weighted by Gasteiger charge is -2.64. The molecule has 2 aromatic rings. The van der Waals surface area contributed by atoms with Crippen molar-refractivity contribution < 1.29 is 24.2 Å². The van der Waals surface area contributed by atoms with Crippen molar-refractivity contribution in [2.24, 2.45) is 0 Å². The smallest absolute Gasteiger partial charge is 0.308 e. The van der Waals surface area contributed by atoms with Crippen molar-refractivity contribution in [3.05, 3.63) is 57.1 Å². The first-order valence-corrected chi connectivity index (χ1v) is 13.5. The van der Waals surface area contributed by atoms with Gasteiger partial charge in [-0.3, -0.25) is 9.59 Å². The van der Waals surface area contributed by atoms with E-state index in [4.69, 9.17) is 32.7 Å². The number of esters is 1. The van der Waals surface area contributed by atoms with Crippen molar-refractivity contribution in [1.29, 1.82) is 0 Å². The summed E-state index contributed by atoms with van der Waals surface area (Å²) in [6.07, 6.45) is 2.25. The number of carbonyl (C=O) groups excluding carboxylic acids is 2. The first-order chi connectivity index (χ1) is 17.6. The molecule has 2 aliphatic heterocycles. The second-order valence-electron chi connectivity index (χ2n) is 10.9. The van der Waals surface area contributed by atoms with Crippen LogP contribution in [0.1, 0.15) is 42.9 Å². The molecule has 1 saturated heterocycles. The number of nitrogens with zero attached hydrogens (tertiary/aromatic N) is 2. The van der Waals surface area contributed by atoms with Gasteiger partial charge in [0.25, 0.3) is 0 Å². The first-order valence-electron chi connectivity index (χ1n) is 12.7. The van der Waals surface area contributed by atoms with Gasteiger partial charge < -0.3 is 24.4 Å². The highest BCUT2D eigenvalue weighted by Gasteiger charge is 2.73. The third-order valence-electron chi connectivity index (χ3n) is 9.17. The van der Waals surface area contributed by atoms with Crippen molar-refractivity contribution in [2.45, 2.75) is 68.2 Å². The van der Waals surface area contributed by atoms with Gasteiger partial charge in [-0.2, -0.15) is 0 Å². The molecule has 2 heterocycles. The van der Waals surface area contributed by atoms with E-state index in [0.717, 1.165) is 23.2 Å². The average molecular weight is 545 g/mol. The highest BCUT2D eigenvalue weighted by molar-refractivity contribution is 6.42. The minimum Gasteiger partial charge on any atom is -0.483 e. The fourth-order valence-electron chi connectivity index (χ4n) is 7.48. The van der Waals surface area contributed by atoms with Crippen LogP contribution in [-0.2, 0) is 27.8 Å². The van der Waals surface area contributed by atoms with E-state index in [0.29, 0.717) is 47.2 Å². The predicted octanol–water partition coefficient (Wildman–Crippen LogP) is 3.77. The fourth-order valence-corrected chi connectivity index (χ4v) is 7.80. The summed E-state index contributed by atoms with van der Waals surface area (Å²) in [7, 11) is 3.87. The second-order valence-corrected chi connectivity index (χ2v) is 11.8. The maximum Gasteiger partial charge on any atom is 0.308 e. The predicted molar refractivity (Wildman–Crippen MR) is 139 cm³/mol. The lowest BCUT2D eigenvalue weighted by atomic mass is 9.48. The van der Waals surface area contributed by atoms with Gasteiger partial charge in [0.15, 0.2) is 11.5 Å². The Balaban J connectivity index is 1.40. The molecule has 2 bridgehead atoms. The van der Waals surface area contributed by atoms with Gasteiger partial charge in [0.05, 0.1) is 33.5 Å². The van der Waals surface area contributed by atoms with Gasteiger partial charge in [0, 0.05) is 25.6 Å². The SMILES string of the molecule is CC(=O)Oc1ccc2c3c1O[C@H]1[C@H](N(C)C(=O)Cc4ccc(Cl)c(Cl)c4)CC[C@@]4(O)[C@@H](C2)N(C)CC[C@]314. The maximum absolute atomic E-state index is 13.5. The number of piperidine rings is 1. The number of halogens is 2. The summed E-state index contributed by atoms with van der Waals surface area (Å²) in [5, 5.41) is 13.3. The van der Waals surface area contributed by atoms with Crippen molar-refractivity contribution in [2.75, 3.05) is 20.6 Å². The number of benzene rings is 2. The Morgan fingerprint density at radius 2 is 2.00 bits per heavy atom. The molecule has 1 saturated carbocycles. The monoisotopic (exact) mass is 544 g/mol. The molecule has 5 atom stereocenters. The molecule has 0 radical (unpaired) electrons. The number of rotatable bonds is 4. The Labute approximate surface area is 226 Å². The lowest BCUT2D eigenvalue weighted by molar-refractivity contribution is -0.196. The molecule has 2 fully saturated rings. The number of likely N-dealkylation sites (N-methyl/N-ethyl adjacent to an activating group) is 2. The van der Waals surface area contributed by atoms with E-state index in [2.05, 4.69) is 11.9 Å². The Morgan fingerprint density at radius 1 is 1.22 bits per heavy atom. The fraction of sp³-hybridized carbons (Fsp3) is 0.500. The molecular formula is C28H30Cl2N2O5. The van der Waals surface area contributed by atoms with Gasteiger partial charge in [-0.05, 0) is 68.6 Å². The first kappa shape index (κ1) is 25.0. The molecule has 0 unspecified atom stereocenters. The van der Waals surface area contributed by atoms with Crippen LogP contribution < -0.4 is 9.47 Å². The third kappa shape index (κ3) is 3.47. The summed E-state index contributed by atoms with van der Waals surface area (Å²) in [5.41, 5.74) is 1.15. The van der Waals surface area contributed by atoms with E-state index in [1.54, 1.807) is 36.2 Å². The van der Waals surface area contributed by atoms with Gasteiger partial charge in [0.1, 0.15) is 6.10 Å². The molecule has 9 heteroatoms. The molecule has 2 aromatic carbocycles. The summed E-state index contributed by atoms with van der Waals surface area (Å²) in [5.74, 6) is 0.421. The maximum atomic E-state index is 13.5. The molecule has 1 spiro atoms. The molecule has 7 nitrogen and oxygen atoms in total. The Morgan fingerprint density at radius 3 is 2.73 bits per heavy atom. The van der Waals surface area contributed by atoms with Gasteiger partial charge >= 0.3 is 5.97 Å². The third-order valence-corrected chi connectivity index (χ3v) is 9.91. The molecule has 0 aromatic heterocycles. The van der Waals surface area contributed by atoms with E-state index in [-0.39, 0.29) is 24.4 Å². The highest BCUT2D eigenvalue weighted by atomic mass is 35.5. The Kier molecular flexibility index (Phi) is 5.81. The van der Waals surface area contributed by atoms with Crippen molar-refractivity contribution in [3.8, 4) is 11.5 Å². The normalized spacial score (nSPS) is 31.4. The summed E-state index contributed by atoms with van der Waals surface area (Å²) in [4.78, 5) is 29.4. The number of hydrogen-bond acceptors (Lipinski definition) is 6. The van der Waals surface area contributed by atoms with E-state index in [1.165, 1.54) is 6.92 Å². The summed E-state index contributed by atoms with van der Waals surface area (Å²) in [6.45, 7) is 2.17. The van der Waals surface area contributed by atoms with E-state index < -0.39 is 23.1 Å². The van der Waals surface area contributed by atoms with Gasteiger partial charge in [-0.1, -0.05) is 35.3 Å². The van der Waals surface area contributed by atoms with E-state index in [9.17, 15) is 14.7 Å². The van der Waals surface area contributed by atoms with Crippen LogP contribution in [0.15, 0.2) is 30.3 Å². The lowest BCUT2D eigenvalue weighted by Crippen LogP contribution is -2.77. The zero-order chi connectivity index (χ0) is 26.3. The minimum atomic E-state index is -1.01. The number of likely N-dealkylation sites (tertiary alicyclic amines) is 1. The summed E-state index contributed by atoms with van der Waals surface area (Å²) in [6, 6.07) is 8.70. The number of amides is 1. The summed E-state index contributed by atoms with van der Waals surface area (Å²) < 4.78 is 12.2. The van der Waals surface area contributed by atoms with Crippen molar-refractivity contribution in [1.82, 2.24) is 9.80 Å². The zero-order valence-corrected chi connectivity index (χ0v) is 22.6. The van der Waals surface area contributed by atoms with Crippen LogP contribution in [0, 0.1) is 0 Å². The van der Waals surface area contributed by atoms with Crippen LogP contribution in [0.2, 0.25) is 10.0 Å². The number of hydrogen-bond donors (Lipinski definition) is 1. The van der Waals surface area contributed by atoms with Crippen LogP contribution >= 0.6 is 23.2 Å². The minimum absolute atomic E-state index is 0.0523. The van der Waals surface area contributed by atoms with Crippen LogP contribution in [0.4, 0.5) is 0 Å². The molecule has 6 rings (SSSR count). The van der Waals surface area contributed by atoms with Crippen LogP contribution in [0.3, 0.4) is 0 Å². The molecule has 1 amide bonds. The molecule has 37 heavy (non-hydrogen) atoms. The number of carbonyl (C=O) groups is 2. The Bertz CT molecular complexity index is 1320. The zero-order valence-electron chi connectivity index (χ0n) is 21.1. The molecule has 1 N–H and O–H groups in total. The summed E-state index contributed by atoms with van der Waals surface area (Å²) >= 11 is 12.2. The van der Waals surface area contributed by atoms with Crippen molar-refractivity contribution >= 4 is 35.1 Å². The Hall–Kier alpha value is -2.32. The van der Waals surface area contributed by atoms with Gasteiger partial charge in [0.2, 0.25) is 5.91 Å². The quantitative estimate of drug-likeness (QED) is 0.466. The van der Waals surface area contributed by atoms with E-state index in [1.807, 2.05) is 6.07 Å². The van der Waals surface area contributed by atoms with Crippen molar-refractivity contribution in [3.63, 3.8) is 0 Å². The van der Waals surface area contributed by atoms with Crippen LogP contribution in [0.5, 0.6) is 11.5 Å². The van der Waals surface area contributed by atoms with Gasteiger partial charge in [-0.15, -0.1) is 0 Å². The van der Waals surface area contributed by atoms with Gasteiger partial charge in [-0.25, -0.2) is 0 Å². The molecular weight excluding hydrogens is 515 g/mol. The molecule has 196 valence electrons. The topological polar surface area (TPSA) is 79.3 Å². The largest absolute Gasteiger partial charge is 0.483 e. The number of aliphatic hydroxyl groups is 1. The van der Waals surface area contributed by atoms with E-state index >= 15 is 0 Å². The average Bonchev–Trinajstić information content (AvgIpc) is 3.20. The molecule has 4 aliphatic rings. The van der Waals surface area contributed by atoms with Crippen LogP contribution in [-0.4, -0.2) is 71.2 Å². The standard InChI is InChI=1S/C28H30Cl2N2O5/c1-15(33)36-21-7-5-17-14-22-28(35)9-8-20(26-27(28,10-11-31(22)2)24(17)25(21)37-26)32(3)23(34)13-16-4-6-18(29)19(30)12-16/h4-7,12,20,22,26,35H,8-11,13-14H2,1-3H3/t20-,22-,26+,27+,28-/m1/s1. The van der Waals surface area contributed by atoms with Crippen LogP contribution in [0.25, 0.3) is 0 Å². The molecule has 2 aliphatic carbocycles.